The molecular weight excluding hydrogens is 418 g/mol. The van der Waals surface area contributed by atoms with Gasteiger partial charge in [-0.05, 0) is 37.1 Å². The summed E-state index contributed by atoms with van der Waals surface area (Å²) < 4.78 is 12.2. The highest BCUT2D eigenvalue weighted by Gasteiger charge is 2.20. The number of anilines is 1. The van der Waals surface area contributed by atoms with Crippen molar-refractivity contribution in [1.29, 1.82) is 5.26 Å². The number of para-hydroxylation sites is 1. The fraction of sp³-hybridized carbons (Fsp3) is 0.192. The first kappa shape index (κ1) is 23.4. The molecule has 0 unspecified atom stereocenters. The van der Waals surface area contributed by atoms with E-state index in [0.717, 1.165) is 16.8 Å². The van der Waals surface area contributed by atoms with E-state index in [1.54, 1.807) is 25.3 Å². The lowest BCUT2D eigenvalue weighted by molar-refractivity contribution is -0.142. The van der Waals surface area contributed by atoms with Crippen LogP contribution in [0.4, 0.5) is 5.82 Å². The molecule has 168 valence electrons. The van der Waals surface area contributed by atoms with Gasteiger partial charge in [0.05, 0.1) is 12.7 Å². The van der Waals surface area contributed by atoms with Crippen LogP contribution in [0.15, 0.2) is 60.7 Å². The molecule has 3 rings (SSSR count). The van der Waals surface area contributed by atoms with Crippen molar-refractivity contribution >= 4 is 23.8 Å². The van der Waals surface area contributed by atoms with Gasteiger partial charge in [-0.3, -0.25) is 4.79 Å². The van der Waals surface area contributed by atoms with Gasteiger partial charge in [0.15, 0.2) is 6.61 Å². The zero-order chi connectivity index (χ0) is 23.8. The minimum Gasteiger partial charge on any atom is -0.496 e. The van der Waals surface area contributed by atoms with Gasteiger partial charge in [0.25, 0.3) is 5.91 Å². The zero-order valence-corrected chi connectivity index (χ0v) is 18.8. The molecule has 33 heavy (non-hydrogen) atoms. The van der Waals surface area contributed by atoms with E-state index in [-0.39, 0.29) is 0 Å². The van der Waals surface area contributed by atoms with Gasteiger partial charge in [0.2, 0.25) is 0 Å². The second kappa shape index (κ2) is 10.8. The number of hydrogen-bond donors (Lipinski definition) is 1. The minimum absolute atomic E-state index is 0.388. The van der Waals surface area contributed by atoms with E-state index in [0.29, 0.717) is 29.2 Å². The number of nitrogens with one attached hydrogen (secondary N) is 1. The third kappa shape index (κ3) is 5.69. The van der Waals surface area contributed by atoms with Crippen molar-refractivity contribution in [2.75, 3.05) is 19.0 Å². The van der Waals surface area contributed by atoms with Crippen molar-refractivity contribution in [3.05, 3.63) is 88.6 Å². The molecule has 7 nitrogen and oxygen atoms in total. The molecule has 0 atom stereocenters. The van der Waals surface area contributed by atoms with Crippen LogP contribution in [0.1, 0.15) is 27.9 Å². The first-order chi connectivity index (χ1) is 15.9. The van der Waals surface area contributed by atoms with Crippen molar-refractivity contribution in [3.63, 3.8) is 0 Å². The summed E-state index contributed by atoms with van der Waals surface area (Å²) in [7, 11) is 1.54. The van der Waals surface area contributed by atoms with Gasteiger partial charge in [-0.2, -0.15) is 5.26 Å². The van der Waals surface area contributed by atoms with Crippen LogP contribution in [-0.2, 0) is 20.9 Å². The van der Waals surface area contributed by atoms with E-state index < -0.39 is 18.5 Å². The third-order valence-electron chi connectivity index (χ3n) is 5.27. The lowest BCUT2D eigenvalue weighted by atomic mass is 10.2. The van der Waals surface area contributed by atoms with Crippen molar-refractivity contribution in [2.45, 2.75) is 20.4 Å². The molecule has 2 aromatic carbocycles. The van der Waals surface area contributed by atoms with Gasteiger partial charge >= 0.3 is 5.97 Å². The number of methoxy groups -OCH3 is 1. The second-order valence-electron chi connectivity index (χ2n) is 7.35. The Hall–Kier alpha value is -4.31. The molecule has 0 saturated carbocycles. The Morgan fingerprint density at radius 1 is 1.09 bits per heavy atom. The number of carbonyl (C=O) groups excluding carboxylic acids is 2. The lowest BCUT2D eigenvalue weighted by Gasteiger charge is -2.13. The summed E-state index contributed by atoms with van der Waals surface area (Å²) in [4.78, 5) is 24.6. The zero-order valence-electron chi connectivity index (χ0n) is 18.8. The molecule has 0 aliphatic carbocycles. The number of amides is 1. The molecule has 1 amide bonds. The van der Waals surface area contributed by atoms with Crippen LogP contribution in [0.5, 0.6) is 5.75 Å². The second-order valence-corrected chi connectivity index (χ2v) is 7.35. The SMILES string of the molecule is COc1ccccc1/C=C/C(=O)OCC(=O)Nc1c(C#N)c(C)c(C)n1Cc1ccccc1. The van der Waals surface area contributed by atoms with Crippen molar-refractivity contribution < 1.29 is 19.1 Å². The normalized spacial score (nSPS) is 10.6. The van der Waals surface area contributed by atoms with Gasteiger partial charge in [0, 0.05) is 23.9 Å². The van der Waals surface area contributed by atoms with E-state index in [2.05, 4.69) is 11.4 Å². The van der Waals surface area contributed by atoms with Gasteiger partial charge in [-0.15, -0.1) is 0 Å². The molecule has 3 aromatic rings. The number of carbonyl (C=O) groups is 2. The Bertz CT molecular complexity index is 1220. The number of aromatic nitrogens is 1. The highest BCUT2D eigenvalue weighted by Crippen LogP contribution is 2.27. The number of hydrogen-bond acceptors (Lipinski definition) is 5. The maximum atomic E-state index is 12.5. The van der Waals surface area contributed by atoms with Crippen LogP contribution in [0.25, 0.3) is 6.08 Å². The summed E-state index contributed by atoms with van der Waals surface area (Å²) >= 11 is 0. The summed E-state index contributed by atoms with van der Waals surface area (Å²) in [5, 5.41) is 12.4. The first-order valence-corrected chi connectivity index (χ1v) is 10.4. The quantitative estimate of drug-likeness (QED) is 0.415. The summed E-state index contributed by atoms with van der Waals surface area (Å²) in [6, 6.07) is 19.1. The molecule has 0 aliphatic heterocycles. The molecule has 0 saturated heterocycles. The standard InChI is InChI=1S/C26H25N3O4/c1-18-19(2)29(16-20-9-5-4-6-10-20)26(22(18)15-27)28-24(30)17-33-25(31)14-13-21-11-7-8-12-23(21)32-3/h4-14H,16-17H2,1-3H3,(H,28,30)/b14-13+. The highest BCUT2D eigenvalue weighted by molar-refractivity contribution is 5.95. The summed E-state index contributed by atoms with van der Waals surface area (Å²) in [5.74, 6) is -0.184. The fourth-order valence-corrected chi connectivity index (χ4v) is 3.41. The van der Waals surface area contributed by atoms with E-state index in [1.165, 1.54) is 6.08 Å². The van der Waals surface area contributed by atoms with Crippen molar-refractivity contribution in [1.82, 2.24) is 4.57 Å². The highest BCUT2D eigenvalue weighted by atomic mass is 16.5. The molecule has 1 aromatic heterocycles. The third-order valence-corrected chi connectivity index (χ3v) is 5.27. The average Bonchev–Trinajstić information content (AvgIpc) is 3.05. The fourth-order valence-electron chi connectivity index (χ4n) is 3.41. The van der Waals surface area contributed by atoms with Gasteiger partial charge < -0.3 is 19.4 Å². The van der Waals surface area contributed by atoms with Crippen LogP contribution >= 0.6 is 0 Å². The Morgan fingerprint density at radius 3 is 2.48 bits per heavy atom. The largest absolute Gasteiger partial charge is 0.496 e. The van der Waals surface area contributed by atoms with Gasteiger partial charge in [0.1, 0.15) is 17.6 Å². The van der Waals surface area contributed by atoms with E-state index in [4.69, 9.17) is 9.47 Å². The van der Waals surface area contributed by atoms with E-state index in [1.807, 2.05) is 60.9 Å². The molecule has 0 aliphatic rings. The molecule has 0 fully saturated rings. The smallest absolute Gasteiger partial charge is 0.331 e. The Morgan fingerprint density at radius 2 is 1.79 bits per heavy atom. The van der Waals surface area contributed by atoms with Crippen molar-refractivity contribution in [2.24, 2.45) is 0 Å². The predicted octanol–water partition coefficient (Wildman–Crippen LogP) is 4.23. The van der Waals surface area contributed by atoms with E-state index >= 15 is 0 Å². The Kier molecular flexibility index (Phi) is 7.66. The predicted molar refractivity (Wildman–Crippen MR) is 126 cm³/mol. The lowest BCUT2D eigenvalue weighted by Crippen LogP contribution is -2.22. The van der Waals surface area contributed by atoms with Crippen LogP contribution < -0.4 is 10.1 Å². The van der Waals surface area contributed by atoms with Gasteiger partial charge in [-0.1, -0.05) is 48.5 Å². The summed E-state index contributed by atoms with van der Waals surface area (Å²) in [5.41, 5.74) is 3.80. The van der Waals surface area contributed by atoms with Crippen LogP contribution in [0.3, 0.4) is 0 Å². The number of esters is 1. The number of rotatable bonds is 8. The summed E-state index contributed by atoms with van der Waals surface area (Å²) in [6.07, 6.45) is 2.79. The topological polar surface area (TPSA) is 93.3 Å². The Balaban J connectivity index is 1.68. The average molecular weight is 444 g/mol. The number of ether oxygens (including phenoxy) is 2. The number of nitrogens with zero attached hydrogens (tertiary/aromatic N) is 2. The van der Waals surface area contributed by atoms with Crippen LogP contribution in [0.2, 0.25) is 0 Å². The molecule has 0 bridgehead atoms. The van der Waals surface area contributed by atoms with Crippen molar-refractivity contribution in [3.8, 4) is 11.8 Å². The maximum absolute atomic E-state index is 12.5. The molecule has 0 spiro atoms. The molecule has 7 heteroatoms. The maximum Gasteiger partial charge on any atom is 0.331 e. The molecule has 1 heterocycles. The Labute approximate surface area is 192 Å². The molecule has 1 N–H and O–H groups in total. The summed E-state index contributed by atoms with van der Waals surface area (Å²) in [6.45, 7) is 3.76. The molecular formula is C26H25N3O4. The number of nitriles is 1. The van der Waals surface area contributed by atoms with Crippen LogP contribution in [-0.4, -0.2) is 30.2 Å². The first-order valence-electron chi connectivity index (χ1n) is 10.4. The van der Waals surface area contributed by atoms with Crippen LogP contribution in [0, 0.1) is 25.2 Å². The van der Waals surface area contributed by atoms with Gasteiger partial charge in [-0.25, -0.2) is 4.79 Å². The minimum atomic E-state index is -0.663. The van der Waals surface area contributed by atoms with E-state index in [9.17, 15) is 14.9 Å². The monoisotopic (exact) mass is 443 g/mol. The molecule has 0 radical (unpaired) electrons. The number of benzene rings is 2.